The van der Waals surface area contributed by atoms with Crippen LogP contribution in [-0.4, -0.2) is 32.1 Å². The molecular formula is C16H25NO. The van der Waals surface area contributed by atoms with Crippen LogP contribution in [0.1, 0.15) is 31.9 Å². The summed E-state index contributed by atoms with van der Waals surface area (Å²) in [5.74, 6) is 0. The molecule has 0 aliphatic rings. The summed E-state index contributed by atoms with van der Waals surface area (Å²) in [4.78, 5) is 2.10. The average Bonchev–Trinajstić information content (AvgIpc) is 2.27. The summed E-state index contributed by atoms with van der Waals surface area (Å²) < 4.78 is 5.42. The van der Waals surface area contributed by atoms with Gasteiger partial charge in [-0.2, -0.15) is 0 Å². The van der Waals surface area contributed by atoms with E-state index in [4.69, 9.17) is 4.74 Å². The first kappa shape index (κ1) is 14.8. The summed E-state index contributed by atoms with van der Waals surface area (Å²) in [6.45, 7) is 8.34. The lowest BCUT2D eigenvalue weighted by Gasteiger charge is -2.18. The second kappa shape index (κ2) is 6.60. The minimum atomic E-state index is 0.213. The number of hydrogen-bond acceptors (Lipinski definition) is 2. The number of nitrogens with zero attached hydrogens (tertiary/aromatic N) is 1. The van der Waals surface area contributed by atoms with E-state index in [1.165, 1.54) is 11.1 Å². The summed E-state index contributed by atoms with van der Waals surface area (Å²) in [6.07, 6.45) is 3.78. The Morgan fingerprint density at radius 3 is 2.22 bits per heavy atom. The van der Waals surface area contributed by atoms with Crippen LogP contribution in [0.4, 0.5) is 0 Å². The van der Waals surface area contributed by atoms with Gasteiger partial charge in [-0.05, 0) is 36.7 Å². The van der Waals surface area contributed by atoms with Gasteiger partial charge in [-0.1, -0.05) is 45.0 Å². The summed E-state index contributed by atoms with van der Waals surface area (Å²) in [5, 5.41) is 0. The molecule has 100 valence electrons. The molecule has 0 unspecified atom stereocenters. The Morgan fingerprint density at radius 2 is 1.72 bits per heavy atom. The zero-order chi connectivity index (χ0) is 13.6. The van der Waals surface area contributed by atoms with Crippen molar-refractivity contribution in [3.05, 3.63) is 41.7 Å². The van der Waals surface area contributed by atoms with Gasteiger partial charge in [0.25, 0.3) is 0 Å². The van der Waals surface area contributed by atoms with Gasteiger partial charge in [0.1, 0.15) is 0 Å². The van der Waals surface area contributed by atoms with Crippen molar-refractivity contribution < 1.29 is 4.74 Å². The van der Waals surface area contributed by atoms with Crippen LogP contribution in [0.3, 0.4) is 0 Å². The highest BCUT2D eigenvalue weighted by Crippen LogP contribution is 2.22. The van der Waals surface area contributed by atoms with Crippen LogP contribution in [-0.2, 0) is 10.2 Å². The van der Waals surface area contributed by atoms with Gasteiger partial charge < -0.3 is 9.64 Å². The fourth-order valence-corrected chi connectivity index (χ4v) is 1.52. The molecule has 0 aliphatic carbocycles. The fraction of sp³-hybridized carbons (Fsp3) is 0.500. The summed E-state index contributed by atoms with van der Waals surface area (Å²) >= 11 is 0. The van der Waals surface area contributed by atoms with E-state index in [2.05, 4.69) is 49.9 Å². The zero-order valence-electron chi connectivity index (χ0n) is 12.2. The Kier molecular flexibility index (Phi) is 5.42. The molecule has 1 aromatic rings. The van der Waals surface area contributed by atoms with E-state index in [9.17, 15) is 0 Å². The highest BCUT2D eigenvalue weighted by Gasteiger charge is 2.12. The van der Waals surface area contributed by atoms with Crippen LogP contribution in [0.5, 0.6) is 0 Å². The van der Waals surface area contributed by atoms with Gasteiger partial charge in [-0.25, -0.2) is 0 Å². The molecule has 0 spiro atoms. The van der Waals surface area contributed by atoms with Crippen molar-refractivity contribution in [3.8, 4) is 0 Å². The van der Waals surface area contributed by atoms with Gasteiger partial charge in [-0.15, -0.1) is 0 Å². The largest absolute Gasteiger partial charge is 0.500 e. The molecule has 0 N–H and O–H groups in total. The Hall–Kier alpha value is -1.28. The lowest BCUT2D eigenvalue weighted by atomic mass is 9.87. The summed E-state index contributed by atoms with van der Waals surface area (Å²) in [6, 6.07) is 8.62. The first-order valence-electron chi connectivity index (χ1n) is 6.43. The van der Waals surface area contributed by atoms with Gasteiger partial charge in [0.05, 0.1) is 12.9 Å². The molecule has 0 radical (unpaired) electrons. The number of ether oxygens (including phenoxy) is 1. The predicted octanol–water partition coefficient (Wildman–Crippen LogP) is 3.53. The maximum Gasteiger partial charge on any atom is 0.0999 e. The molecule has 0 aliphatic heterocycles. The molecule has 1 rings (SSSR count). The quantitative estimate of drug-likeness (QED) is 0.583. The van der Waals surface area contributed by atoms with E-state index in [1.807, 2.05) is 20.2 Å². The number of likely N-dealkylation sites (N-methyl/N-ethyl adjacent to an activating group) is 1. The van der Waals surface area contributed by atoms with Crippen molar-refractivity contribution in [3.63, 3.8) is 0 Å². The standard InChI is InChI=1S/C16H25NO/c1-16(2,3)15-8-6-14(7-9-15)10-12-18-13-11-17(4)5/h6-10,12H,11,13H2,1-5H3/b12-10+. The molecule has 2 nitrogen and oxygen atoms in total. The molecule has 0 atom stereocenters. The molecule has 0 aromatic heterocycles. The molecular weight excluding hydrogens is 222 g/mol. The van der Waals surface area contributed by atoms with Crippen molar-refractivity contribution in [1.82, 2.24) is 4.90 Å². The minimum absolute atomic E-state index is 0.213. The molecule has 18 heavy (non-hydrogen) atoms. The van der Waals surface area contributed by atoms with Gasteiger partial charge in [0, 0.05) is 6.54 Å². The van der Waals surface area contributed by atoms with Gasteiger partial charge in [0.2, 0.25) is 0 Å². The van der Waals surface area contributed by atoms with E-state index in [0.29, 0.717) is 0 Å². The van der Waals surface area contributed by atoms with Gasteiger partial charge >= 0.3 is 0 Å². The van der Waals surface area contributed by atoms with E-state index in [-0.39, 0.29) is 5.41 Å². The van der Waals surface area contributed by atoms with E-state index in [0.717, 1.165) is 13.2 Å². The van der Waals surface area contributed by atoms with Crippen LogP contribution in [0.25, 0.3) is 6.08 Å². The summed E-state index contributed by atoms with van der Waals surface area (Å²) in [7, 11) is 4.08. The lowest BCUT2D eigenvalue weighted by molar-refractivity contribution is 0.214. The maximum atomic E-state index is 5.42. The molecule has 0 amide bonds. The Morgan fingerprint density at radius 1 is 1.11 bits per heavy atom. The number of hydrogen-bond donors (Lipinski definition) is 0. The number of rotatable bonds is 5. The van der Waals surface area contributed by atoms with E-state index in [1.54, 1.807) is 6.26 Å². The third-order valence-corrected chi connectivity index (χ3v) is 2.79. The van der Waals surface area contributed by atoms with E-state index >= 15 is 0 Å². The highest BCUT2D eigenvalue weighted by atomic mass is 16.5. The maximum absolute atomic E-state index is 5.42. The topological polar surface area (TPSA) is 12.5 Å². The molecule has 0 bridgehead atoms. The monoisotopic (exact) mass is 247 g/mol. The molecule has 0 fully saturated rings. The minimum Gasteiger partial charge on any atom is -0.500 e. The Labute approximate surface area is 111 Å². The molecule has 0 saturated carbocycles. The van der Waals surface area contributed by atoms with Crippen LogP contribution >= 0.6 is 0 Å². The van der Waals surface area contributed by atoms with Crippen molar-refractivity contribution >= 4 is 6.08 Å². The van der Waals surface area contributed by atoms with Gasteiger partial charge in [0.15, 0.2) is 0 Å². The normalized spacial score (nSPS) is 12.3. The molecule has 1 aromatic carbocycles. The third-order valence-electron chi connectivity index (χ3n) is 2.79. The predicted molar refractivity (Wildman–Crippen MR) is 78.7 cm³/mol. The van der Waals surface area contributed by atoms with Crippen molar-refractivity contribution in [1.29, 1.82) is 0 Å². The second-order valence-corrected chi connectivity index (χ2v) is 5.85. The van der Waals surface area contributed by atoms with Crippen molar-refractivity contribution in [2.24, 2.45) is 0 Å². The molecule has 0 heterocycles. The van der Waals surface area contributed by atoms with E-state index < -0.39 is 0 Å². The third kappa shape index (κ3) is 5.37. The average molecular weight is 247 g/mol. The Balaban J connectivity index is 2.46. The van der Waals surface area contributed by atoms with Crippen LogP contribution < -0.4 is 0 Å². The van der Waals surface area contributed by atoms with Gasteiger partial charge in [-0.3, -0.25) is 0 Å². The van der Waals surface area contributed by atoms with Crippen LogP contribution in [0, 0.1) is 0 Å². The first-order valence-corrected chi connectivity index (χ1v) is 6.43. The highest BCUT2D eigenvalue weighted by molar-refractivity contribution is 5.49. The smallest absolute Gasteiger partial charge is 0.0999 e. The SMILES string of the molecule is CN(C)CCO/C=C/c1ccc(C(C)(C)C)cc1. The van der Waals surface area contributed by atoms with Crippen molar-refractivity contribution in [2.75, 3.05) is 27.2 Å². The first-order chi connectivity index (χ1) is 8.39. The number of benzene rings is 1. The van der Waals surface area contributed by atoms with Crippen LogP contribution in [0.15, 0.2) is 30.5 Å². The molecule has 0 saturated heterocycles. The van der Waals surface area contributed by atoms with Crippen LogP contribution in [0.2, 0.25) is 0 Å². The Bertz CT molecular complexity index is 371. The zero-order valence-corrected chi connectivity index (χ0v) is 12.2. The van der Waals surface area contributed by atoms with Crippen molar-refractivity contribution in [2.45, 2.75) is 26.2 Å². The second-order valence-electron chi connectivity index (χ2n) is 5.85. The lowest BCUT2D eigenvalue weighted by Crippen LogP contribution is -2.16. The molecule has 2 heteroatoms. The fourth-order valence-electron chi connectivity index (χ4n) is 1.52. The summed E-state index contributed by atoms with van der Waals surface area (Å²) in [5.41, 5.74) is 2.74.